The zero-order valence-electron chi connectivity index (χ0n) is 25.9. The number of rotatable bonds is 6. The van der Waals surface area contributed by atoms with Crippen LogP contribution >= 0.6 is 0 Å². The van der Waals surface area contributed by atoms with Crippen LogP contribution in [-0.2, 0) is 9.47 Å². The number of methoxy groups -OCH3 is 2. The number of hydrogen-bond acceptors (Lipinski definition) is 6. The van der Waals surface area contributed by atoms with Gasteiger partial charge in [-0.05, 0) is 69.1 Å². The molecule has 7 rings (SSSR count). The van der Waals surface area contributed by atoms with Crippen LogP contribution in [0.15, 0.2) is 109 Å². The van der Waals surface area contributed by atoms with Gasteiger partial charge in [0.15, 0.2) is 0 Å². The van der Waals surface area contributed by atoms with Gasteiger partial charge < -0.3 is 18.9 Å². The van der Waals surface area contributed by atoms with Crippen molar-refractivity contribution in [2.75, 3.05) is 21.0 Å². The number of carbonyl (C=O) groups excluding carboxylic acids is 2. The molecule has 0 amide bonds. The lowest BCUT2D eigenvalue weighted by atomic mass is 9.88. The standard InChI is InChI=1S/C41H30O6/c1-44-40(42)28-17-11-26(12-18-28)15-21-32-23-30-7-3-5-9-34(30)36-37-35-10-6-4-8-31(35)24-33(39(37)47-25-46-38(32)36)22-16-27-13-19-29(20-14-27)41(43)45-2/h3-24H,25H2,1-2H3/b21-15-,22-16-. The Kier molecular flexibility index (Phi) is 7.99. The summed E-state index contributed by atoms with van der Waals surface area (Å²) in [5, 5.41) is 4.25. The third kappa shape index (κ3) is 5.73. The minimum absolute atomic E-state index is 0.0278. The van der Waals surface area contributed by atoms with Crippen LogP contribution in [0.25, 0.3) is 57.0 Å². The molecule has 6 aromatic rings. The predicted octanol–water partition coefficient (Wildman–Crippen LogP) is 9.30. The van der Waals surface area contributed by atoms with Crippen molar-refractivity contribution in [3.63, 3.8) is 0 Å². The van der Waals surface area contributed by atoms with Crippen molar-refractivity contribution < 1.29 is 28.5 Å². The Labute approximate surface area is 272 Å². The van der Waals surface area contributed by atoms with Crippen LogP contribution in [-0.4, -0.2) is 33.0 Å². The summed E-state index contributed by atoms with van der Waals surface area (Å²) in [6, 6.07) is 35.4. The maximum Gasteiger partial charge on any atom is 0.337 e. The van der Waals surface area contributed by atoms with Gasteiger partial charge in [-0.3, -0.25) is 0 Å². The SMILES string of the molecule is COC(=O)c1ccc(/C=C\c2cc3ccccc3c3c2OCOc2c(/C=C\c4ccc(C(=O)OC)cc4)cc4ccccc4c2-3)cc1. The Balaban J connectivity index is 1.39. The van der Waals surface area contributed by atoms with Gasteiger partial charge in [0, 0.05) is 22.3 Å². The van der Waals surface area contributed by atoms with Crippen LogP contribution in [0.1, 0.15) is 43.0 Å². The molecule has 0 atom stereocenters. The first-order chi connectivity index (χ1) is 23.0. The molecular formula is C41H30O6. The summed E-state index contributed by atoms with van der Waals surface area (Å²) >= 11 is 0. The molecule has 0 aliphatic carbocycles. The monoisotopic (exact) mass is 618 g/mol. The molecule has 0 bridgehead atoms. The van der Waals surface area contributed by atoms with E-state index < -0.39 is 0 Å². The number of fused-ring (bicyclic) bond motifs is 7. The molecule has 0 saturated carbocycles. The van der Waals surface area contributed by atoms with Crippen molar-refractivity contribution >= 4 is 57.8 Å². The Morgan fingerprint density at radius 1 is 0.553 bits per heavy atom. The Morgan fingerprint density at radius 3 is 1.36 bits per heavy atom. The maximum atomic E-state index is 11.9. The fraction of sp³-hybridized carbons (Fsp3) is 0.0732. The molecule has 0 N–H and O–H groups in total. The summed E-state index contributed by atoms with van der Waals surface area (Å²) in [5.41, 5.74) is 6.60. The lowest BCUT2D eigenvalue weighted by Crippen LogP contribution is -2.05. The number of hydrogen-bond donors (Lipinski definition) is 0. The highest BCUT2D eigenvalue weighted by atomic mass is 16.7. The molecule has 1 aliphatic heterocycles. The van der Waals surface area contributed by atoms with E-state index in [2.05, 4.69) is 36.4 Å². The van der Waals surface area contributed by atoms with E-state index >= 15 is 0 Å². The topological polar surface area (TPSA) is 71.1 Å². The summed E-state index contributed by atoms with van der Waals surface area (Å²) in [6.07, 6.45) is 8.08. The lowest BCUT2D eigenvalue weighted by Gasteiger charge is -2.17. The maximum absolute atomic E-state index is 11.9. The van der Waals surface area contributed by atoms with Crippen molar-refractivity contribution in [2.45, 2.75) is 0 Å². The Morgan fingerprint density at radius 2 is 0.957 bits per heavy atom. The molecule has 1 heterocycles. The first-order valence-corrected chi connectivity index (χ1v) is 15.1. The van der Waals surface area contributed by atoms with E-state index in [0.717, 1.165) is 66.4 Å². The van der Waals surface area contributed by atoms with Crippen LogP contribution in [0.5, 0.6) is 11.5 Å². The van der Waals surface area contributed by atoms with E-state index in [1.54, 1.807) is 24.3 Å². The molecular weight excluding hydrogens is 588 g/mol. The fourth-order valence-corrected chi connectivity index (χ4v) is 5.97. The second kappa shape index (κ2) is 12.7. The van der Waals surface area contributed by atoms with Gasteiger partial charge in [0.1, 0.15) is 11.5 Å². The van der Waals surface area contributed by atoms with Gasteiger partial charge >= 0.3 is 11.9 Å². The summed E-state index contributed by atoms with van der Waals surface area (Å²) in [5.74, 6) is 0.722. The molecule has 1 aliphatic rings. The van der Waals surface area contributed by atoms with E-state index in [9.17, 15) is 9.59 Å². The second-order valence-electron chi connectivity index (χ2n) is 11.1. The quantitative estimate of drug-likeness (QED) is 0.137. The molecule has 0 saturated heterocycles. The first-order valence-electron chi connectivity index (χ1n) is 15.1. The molecule has 0 radical (unpaired) electrons. The second-order valence-corrected chi connectivity index (χ2v) is 11.1. The van der Waals surface area contributed by atoms with E-state index in [1.165, 1.54) is 14.2 Å². The van der Waals surface area contributed by atoms with Gasteiger partial charge in [-0.2, -0.15) is 0 Å². The van der Waals surface area contributed by atoms with E-state index in [1.807, 2.05) is 72.8 Å². The highest BCUT2D eigenvalue weighted by Gasteiger charge is 2.26. The van der Waals surface area contributed by atoms with Crippen molar-refractivity contribution in [3.8, 4) is 22.6 Å². The van der Waals surface area contributed by atoms with E-state index in [0.29, 0.717) is 11.1 Å². The summed E-state index contributed by atoms with van der Waals surface area (Å²) in [7, 11) is 2.75. The fourth-order valence-electron chi connectivity index (χ4n) is 5.97. The molecule has 0 spiro atoms. The Bertz CT molecular complexity index is 2050. The Hall–Kier alpha value is -6.14. The minimum atomic E-state index is -0.370. The molecule has 6 aromatic carbocycles. The highest BCUT2D eigenvalue weighted by Crippen LogP contribution is 2.50. The molecule has 0 aromatic heterocycles. The number of ether oxygens (including phenoxy) is 4. The highest BCUT2D eigenvalue weighted by molar-refractivity contribution is 6.12. The average Bonchev–Trinajstić information content (AvgIpc) is 3.34. The normalized spacial score (nSPS) is 12.3. The van der Waals surface area contributed by atoms with Gasteiger partial charge in [0.2, 0.25) is 6.79 Å². The molecule has 230 valence electrons. The number of carbonyl (C=O) groups is 2. The summed E-state index contributed by atoms with van der Waals surface area (Å²) in [4.78, 5) is 23.8. The van der Waals surface area contributed by atoms with Gasteiger partial charge in [-0.1, -0.05) is 97.1 Å². The third-order valence-corrected chi connectivity index (χ3v) is 8.29. The molecule has 0 fully saturated rings. The smallest absolute Gasteiger partial charge is 0.337 e. The van der Waals surface area contributed by atoms with Crippen molar-refractivity contribution in [1.82, 2.24) is 0 Å². The molecule has 6 nitrogen and oxygen atoms in total. The minimum Gasteiger partial charge on any atom is -0.465 e. The first kappa shape index (κ1) is 29.6. The zero-order valence-corrected chi connectivity index (χ0v) is 25.9. The van der Waals surface area contributed by atoms with Crippen molar-refractivity contribution in [3.05, 3.63) is 143 Å². The van der Waals surface area contributed by atoms with E-state index in [4.69, 9.17) is 18.9 Å². The van der Waals surface area contributed by atoms with Gasteiger partial charge in [-0.15, -0.1) is 0 Å². The van der Waals surface area contributed by atoms with Crippen LogP contribution in [0.3, 0.4) is 0 Å². The van der Waals surface area contributed by atoms with Gasteiger partial charge in [-0.25, -0.2) is 9.59 Å². The van der Waals surface area contributed by atoms with Crippen LogP contribution < -0.4 is 9.47 Å². The molecule has 47 heavy (non-hydrogen) atoms. The van der Waals surface area contributed by atoms with Crippen LogP contribution in [0.4, 0.5) is 0 Å². The lowest BCUT2D eigenvalue weighted by molar-refractivity contribution is 0.0592. The largest absolute Gasteiger partial charge is 0.465 e. The third-order valence-electron chi connectivity index (χ3n) is 8.29. The summed E-state index contributed by atoms with van der Waals surface area (Å²) < 4.78 is 22.5. The number of esters is 2. The predicted molar refractivity (Wildman–Crippen MR) is 186 cm³/mol. The number of benzene rings is 6. The summed E-state index contributed by atoms with van der Waals surface area (Å²) in [6.45, 7) is 0.0278. The van der Waals surface area contributed by atoms with Gasteiger partial charge in [0.25, 0.3) is 0 Å². The van der Waals surface area contributed by atoms with E-state index in [-0.39, 0.29) is 18.7 Å². The molecule has 0 unspecified atom stereocenters. The van der Waals surface area contributed by atoms with Gasteiger partial charge in [0.05, 0.1) is 25.3 Å². The van der Waals surface area contributed by atoms with Crippen molar-refractivity contribution in [2.24, 2.45) is 0 Å². The average molecular weight is 619 g/mol. The van der Waals surface area contributed by atoms with Crippen molar-refractivity contribution in [1.29, 1.82) is 0 Å². The molecule has 6 heteroatoms. The van der Waals surface area contributed by atoms with Crippen LogP contribution in [0, 0.1) is 0 Å². The van der Waals surface area contributed by atoms with Crippen LogP contribution in [0.2, 0.25) is 0 Å². The zero-order chi connectivity index (χ0) is 32.3.